The average Bonchev–Trinajstić information content (AvgIpc) is 3.07. The van der Waals surface area contributed by atoms with Crippen LogP contribution in [0.1, 0.15) is 21.7 Å². The average molecular weight is 479 g/mol. The van der Waals surface area contributed by atoms with Crippen LogP contribution in [0.3, 0.4) is 0 Å². The Morgan fingerprint density at radius 3 is 2.53 bits per heavy atom. The molecule has 2 heterocycles. The summed E-state index contributed by atoms with van der Waals surface area (Å²) in [6, 6.07) is 16.2. The van der Waals surface area contributed by atoms with E-state index in [2.05, 4.69) is 10.4 Å². The number of para-hydroxylation sites is 1. The Hall–Kier alpha value is -4.05. The van der Waals surface area contributed by atoms with Gasteiger partial charge in [-0.1, -0.05) is 42.5 Å². The standard InChI is InChI=1S/C24H19FN4O4S/c1-15-13-19(30)21(27-29(15)18-10-6-5-9-17(18)25)22(31)26-11-12-28-23(32)20(34-24(28)33)14-16-7-3-2-4-8-16/h2-10,13-14H,11-12H2,1H3,(H,26,31)/b20-14-. The van der Waals surface area contributed by atoms with E-state index >= 15 is 0 Å². The molecule has 4 rings (SSSR count). The van der Waals surface area contributed by atoms with Crippen LogP contribution in [0.15, 0.2) is 70.4 Å². The lowest BCUT2D eigenvalue weighted by atomic mass is 10.2. The summed E-state index contributed by atoms with van der Waals surface area (Å²) in [5.74, 6) is -1.80. The number of thioether (sulfide) groups is 1. The van der Waals surface area contributed by atoms with Crippen molar-refractivity contribution < 1.29 is 18.8 Å². The lowest BCUT2D eigenvalue weighted by Crippen LogP contribution is -2.39. The third-order valence-corrected chi connectivity index (χ3v) is 5.90. The van der Waals surface area contributed by atoms with E-state index in [-0.39, 0.29) is 23.7 Å². The molecule has 1 N–H and O–H groups in total. The molecule has 8 nitrogen and oxygen atoms in total. The van der Waals surface area contributed by atoms with Crippen LogP contribution >= 0.6 is 11.8 Å². The van der Waals surface area contributed by atoms with Gasteiger partial charge in [0.1, 0.15) is 11.5 Å². The summed E-state index contributed by atoms with van der Waals surface area (Å²) in [7, 11) is 0. The number of nitrogens with zero attached hydrogens (tertiary/aromatic N) is 3. The van der Waals surface area contributed by atoms with Gasteiger partial charge in [0.05, 0.1) is 4.91 Å². The number of carbonyl (C=O) groups excluding carboxylic acids is 3. The van der Waals surface area contributed by atoms with Crippen molar-refractivity contribution in [3.63, 3.8) is 0 Å². The molecule has 0 saturated carbocycles. The zero-order chi connectivity index (χ0) is 24.2. The molecule has 172 valence electrons. The van der Waals surface area contributed by atoms with Crippen LogP contribution in [0.2, 0.25) is 0 Å². The van der Waals surface area contributed by atoms with Crippen molar-refractivity contribution in [3.8, 4) is 5.69 Å². The summed E-state index contributed by atoms with van der Waals surface area (Å²) in [6.07, 6.45) is 1.63. The molecule has 3 aromatic rings. The van der Waals surface area contributed by atoms with Crippen LogP contribution in [-0.2, 0) is 4.79 Å². The Balaban J connectivity index is 1.44. The van der Waals surface area contributed by atoms with Crippen LogP contribution in [0, 0.1) is 12.7 Å². The zero-order valence-electron chi connectivity index (χ0n) is 18.0. The second kappa shape index (κ2) is 9.84. The van der Waals surface area contributed by atoms with Crippen molar-refractivity contribution in [1.82, 2.24) is 20.0 Å². The molecule has 0 spiro atoms. The topological polar surface area (TPSA) is 101 Å². The molecule has 34 heavy (non-hydrogen) atoms. The molecule has 1 aliphatic rings. The molecule has 0 bridgehead atoms. The molecular weight excluding hydrogens is 459 g/mol. The van der Waals surface area contributed by atoms with Crippen LogP contribution in [-0.4, -0.2) is 44.8 Å². The van der Waals surface area contributed by atoms with Crippen LogP contribution < -0.4 is 10.7 Å². The van der Waals surface area contributed by atoms with Gasteiger partial charge in [-0.25, -0.2) is 9.07 Å². The molecule has 0 unspecified atom stereocenters. The fraction of sp³-hybridized carbons (Fsp3) is 0.125. The monoisotopic (exact) mass is 478 g/mol. The summed E-state index contributed by atoms with van der Waals surface area (Å²) < 4.78 is 15.4. The van der Waals surface area contributed by atoms with Crippen LogP contribution in [0.4, 0.5) is 9.18 Å². The highest BCUT2D eigenvalue weighted by Crippen LogP contribution is 2.31. The number of aromatic nitrogens is 2. The predicted molar refractivity (Wildman–Crippen MR) is 126 cm³/mol. The lowest BCUT2D eigenvalue weighted by Gasteiger charge is -2.14. The van der Waals surface area contributed by atoms with Gasteiger partial charge >= 0.3 is 0 Å². The zero-order valence-corrected chi connectivity index (χ0v) is 18.8. The number of halogens is 1. The third kappa shape index (κ3) is 4.81. The van der Waals surface area contributed by atoms with Crippen molar-refractivity contribution in [2.45, 2.75) is 6.92 Å². The molecule has 1 saturated heterocycles. The van der Waals surface area contributed by atoms with E-state index in [1.807, 2.05) is 30.3 Å². The van der Waals surface area contributed by atoms with Gasteiger partial charge in [-0.3, -0.25) is 24.1 Å². The maximum Gasteiger partial charge on any atom is 0.293 e. The molecule has 3 amide bonds. The molecule has 2 aromatic carbocycles. The van der Waals surface area contributed by atoms with Crippen LogP contribution in [0.5, 0.6) is 0 Å². The Bertz CT molecular complexity index is 1370. The minimum absolute atomic E-state index is 0.0735. The Morgan fingerprint density at radius 1 is 1.09 bits per heavy atom. The molecule has 0 aliphatic carbocycles. The quantitative estimate of drug-likeness (QED) is 0.547. The Kier molecular flexibility index (Phi) is 6.69. The van der Waals surface area contributed by atoms with E-state index in [1.165, 1.54) is 28.9 Å². The second-order valence-corrected chi connectivity index (χ2v) is 8.35. The highest BCUT2D eigenvalue weighted by molar-refractivity contribution is 8.18. The number of hydrogen-bond acceptors (Lipinski definition) is 6. The SMILES string of the molecule is Cc1cc(=O)c(C(=O)NCCN2C(=O)S/C(=C\c3ccccc3)C2=O)nn1-c1ccccc1F. The number of benzene rings is 2. The smallest absolute Gasteiger partial charge is 0.293 e. The number of carbonyl (C=O) groups is 3. The molecule has 1 aromatic heterocycles. The van der Waals surface area contributed by atoms with Gasteiger partial charge in [0, 0.05) is 24.8 Å². The predicted octanol–water partition coefficient (Wildman–Crippen LogP) is 3.15. The van der Waals surface area contributed by atoms with E-state index < -0.39 is 34.0 Å². The Morgan fingerprint density at radius 2 is 1.79 bits per heavy atom. The first-order valence-corrected chi connectivity index (χ1v) is 11.1. The van der Waals surface area contributed by atoms with Crippen LogP contribution in [0.25, 0.3) is 11.8 Å². The number of aryl methyl sites for hydroxylation is 1. The second-order valence-electron chi connectivity index (χ2n) is 7.36. The maximum atomic E-state index is 14.2. The normalized spacial score (nSPS) is 14.6. The summed E-state index contributed by atoms with van der Waals surface area (Å²) in [6.45, 7) is 1.42. The summed E-state index contributed by atoms with van der Waals surface area (Å²) in [4.78, 5) is 51.1. The van der Waals surface area contributed by atoms with Gasteiger partial charge in [-0.05, 0) is 42.5 Å². The first-order chi connectivity index (χ1) is 16.3. The minimum Gasteiger partial charge on any atom is -0.349 e. The molecule has 0 radical (unpaired) electrons. The van der Waals surface area contributed by atoms with Gasteiger partial charge in [0.25, 0.3) is 17.1 Å². The maximum absolute atomic E-state index is 14.2. The van der Waals surface area contributed by atoms with Crippen molar-refractivity contribution >= 4 is 34.9 Å². The molecule has 10 heteroatoms. The molecule has 0 atom stereocenters. The minimum atomic E-state index is -0.790. The fourth-order valence-electron chi connectivity index (χ4n) is 3.33. The highest BCUT2D eigenvalue weighted by Gasteiger charge is 2.34. The number of hydrogen-bond donors (Lipinski definition) is 1. The summed E-state index contributed by atoms with van der Waals surface area (Å²) >= 11 is 0.821. The molecule has 1 fully saturated rings. The van der Waals surface area contributed by atoms with Gasteiger partial charge in [0.15, 0.2) is 5.69 Å². The Labute approximate surface area is 198 Å². The first kappa shape index (κ1) is 23.1. The summed E-state index contributed by atoms with van der Waals surface area (Å²) in [5.41, 5.74) is 0.191. The summed E-state index contributed by atoms with van der Waals surface area (Å²) in [5, 5.41) is 6.09. The van der Waals surface area contributed by atoms with E-state index in [9.17, 15) is 23.6 Å². The first-order valence-electron chi connectivity index (χ1n) is 10.3. The van der Waals surface area contributed by atoms with E-state index in [0.29, 0.717) is 5.69 Å². The highest BCUT2D eigenvalue weighted by atomic mass is 32.2. The number of rotatable bonds is 6. The van der Waals surface area contributed by atoms with E-state index in [0.717, 1.165) is 22.2 Å². The number of amides is 3. The molecule has 1 aliphatic heterocycles. The van der Waals surface area contributed by atoms with Gasteiger partial charge in [-0.15, -0.1) is 0 Å². The van der Waals surface area contributed by atoms with Crippen molar-refractivity contribution in [1.29, 1.82) is 0 Å². The number of imide groups is 1. The van der Waals surface area contributed by atoms with Gasteiger partial charge in [-0.2, -0.15) is 5.10 Å². The fourth-order valence-corrected chi connectivity index (χ4v) is 4.20. The van der Waals surface area contributed by atoms with Crippen molar-refractivity contribution in [2.75, 3.05) is 13.1 Å². The van der Waals surface area contributed by atoms with Crippen molar-refractivity contribution in [2.24, 2.45) is 0 Å². The van der Waals surface area contributed by atoms with Gasteiger partial charge in [0.2, 0.25) is 5.43 Å². The van der Waals surface area contributed by atoms with Gasteiger partial charge < -0.3 is 5.32 Å². The third-order valence-electron chi connectivity index (χ3n) is 5.00. The largest absolute Gasteiger partial charge is 0.349 e. The van der Waals surface area contributed by atoms with Crippen molar-refractivity contribution in [3.05, 3.63) is 98.6 Å². The lowest BCUT2D eigenvalue weighted by molar-refractivity contribution is -0.122. The molecular formula is C24H19FN4O4S. The number of nitrogens with one attached hydrogen (secondary N) is 1. The van der Waals surface area contributed by atoms with E-state index in [4.69, 9.17) is 0 Å². The van der Waals surface area contributed by atoms with E-state index in [1.54, 1.807) is 19.1 Å².